The molecule has 4 nitrogen and oxygen atoms in total. The van der Waals surface area contributed by atoms with E-state index in [4.69, 9.17) is 4.74 Å². The summed E-state index contributed by atoms with van der Waals surface area (Å²) >= 11 is 0. The van der Waals surface area contributed by atoms with Crippen molar-refractivity contribution >= 4 is 17.3 Å². The van der Waals surface area contributed by atoms with Gasteiger partial charge in [-0.3, -0.25) is 4.79 Å². The van der Waals surface area contributed by atoms with Gasteiger partial charge in [-0.15, -0.1) is 0 Å². The lowest BCUT2D eigenvalue weighted by molar-refractivity contribution is -0.121. The topological polar surface area (TPSA) is 41.6 Å². The predicted molar refractivity (Wildman–Crippen MR) is 91.2 cm³/mol. The number of para-hydroxylation sites is 1. The van der Waals surface area contributed by atoms with E-state index in [1.807, 2.05) is 24.3 Å². The third kappa shape index (κ3) is 2.17. The Labute approximate surface area is 136 Å². The number of amides is 1. The second-order valence-corrected chi connectivity index (χ2v) is 6.27. The lowest BCUT2D eigenvalue weighted by Crippen LogP contribution is -2.46. The summed E-state index contributed by atoms with van der Waals surface area (Å²) in [5.41, 5.74) is 2.85. The molecule has 0 radical (unpaired) electrons. The highest BCUT2D eigenvalue weighted by molar-refractivity contribution is 6.06. The van der Waals surface area contributed by atoms with Gasteiger partial charge in [0.05, 0.1) is 12.5 Å². The Morgan fingerprint density at radius 1 is 1.09 bits per heavy atom. The van der Waals surface area contributed by atoms with E-state index < -0.39 is 5.41 Å². The van der Waals surface area contributed by atoms with Gasteiger partial charge in [-0.25, -0.2) is 0 Å². The maximum absolute atomic E-state index is 12.7. The number of hydrogen-bond acceptors (Lipinski definition) is 3. The zero-order chi connectivity index (χ0) is 15.9. The lowest BCUT2D eigenvalue weighted by atomic mass is 9.73. The van der Waals surface area contributed by atoms with Crippen molar-refractivity contribution in [1.82, 2.24) is 0 Å². The van der Waals surface area contributed by atoms with Crippen LogP contribution in [0.3, 0.4) is 0 Å². The summed E-state index contributed by atoms with van der Waals surface area (Å²) in [5, 5.41) is 3.05. The fourth-order valence-corrected chi connectivity index (χ4v) is 3.80. The number of anilines is 2. The number of ether oxygens (including phenoxy) is 1. The lowest BCUT2D eigenvalue weighted by Gasteiger charge is -2.39. The van der Waals surface area contributed by atoms with Gasteiger partial charge in [0, 0.05) is 24.5 Å². The minimum absolute atomic E-state index is 0.133. The molecule has 2 aliphatic heterocycles. The monoisotopic (exact) mass is 308 g/mol. The Balaban J connectivity index is 1.63. The Morgan fingerprint density at radius 3 is 2.52 bits per heavy atom. The van der Waals surface area contributed by atoms with Gasteiger partial charge in [0.25, 0.3) is 0 Å². The van der Waals surface area contributed by atoms with E-state index in [9.17, 15) is 4.79 Å². The Morgan fingerprint density at radius 2 is 1.83 bits per heavy atom. The Hall–Kier alpha value is -2.49. The van der Waals surface area contributed by atoms with Gasteiger partial charge in [0.15, 0.2) is 0 Å². The maximum Gasteiger partial charge on any atom is 0.235 e. The van der Waals surface area contributed by atoms with Crippen molar-refractivity contribution in [3.05, 3.63) is 54.1 Å². The highest BCUT2D eigenvalue weighted by Gasteiger charge is 2.48. The number of rotatable bonds is 2. The molecule has 23 heavy (non-hydrogen) atoms. The molecular formula is C19H20N2O2. The first kappa shape index (κ1) is 14.1. The SMILES string of the molecule is COc1ccc2c(c1)C1(CCN(c3ccccc3)CC1)C(=O)N2. The summed E-state index contributed by atoms with van der Waals surface area (Å²) in [4.78, 5) is 15.0. The van der Waals surface area contributed by atoms with E-state index in [0.29, 0.717) is 0 Å². The fourth-order valence-electron chi connectivity index (χ4n) is 3.80. The average molecular weight is 308 g/mol. The van der Waals surface area contributed by atoms with E-state index in [1.165, 1.54) is 5.69 Å². The number of methoxy groups -OCH3 is 1. The molecule has 0 saturated carbocycles. The van der Waals surface area contributed by atoms with Crippen LogP contribution in [0.5, 0.6) is 5.75 Å². The van der Waals surface area contributed by atoms with E-state index in [2.05, 4.69) is 34.5 Å². The molecule has 0 unspecified atom stereocenters. The molecule has 2 aliphatic rings. The molecule has 0 aromatic heterocycles. The molecule has 118 valence electrons. The third-order valence-electron chi connectivity index (χ3n) is 5.16. The van der Waals surface area contributed by atoms with E-state index in [-0.39, 0.29) is 5.91 Å². The molecule has 2 aromatic carbocycles. The van der Waals surface area contributed by atoms with Crippen LogP contribution in [0, 0.1) is 0 Å². The molecule has 1 saturated heterocycles. The first-order valence-electron chi connectivity index (χ1n) is 8.03. The zero-order valence-electron chi connectivity index (χ0n) is 13.2. The summed E-state index contributed by atoms with van der Waals surface area (Å²) in [7, 11) is 1.66. The van der Waals surface area contributed by atoms with Gasteiger partial charge >= 0.3 is 0 Å². The molecule has 2 aromatic rings. The number of fused-ring (bicyclic) bond motifs is 2. The third-order valence-corrected chi connectivity index (χ3v) is 5.16. The number of nitrogens with zero attached hydrogens (tertiary/aromatic N) is 1. The molecule has 0 atom stereocenters. The van der Waals surface area contributed by atoms with Crippen LogP contribution in [0.1, 0.15) is 18.4 Å². The zero-order valence-corrected chi connectivity index (χ0v) is 13.2. The largest absolute Gasteiger partial charge is 0.497 e. The van der Waals surface area contributed by atoms with E-state index in [0.717, 1.165) is 42.9 Å². The molecule has 1 N–H and O–H groups in total. The van der Waals surface area contributed by atoms with Crippen molar-refractivity contribution in [1.29, 1.82) is 0 Å². The average Bonchev–Trinajstić information content (AvgIpc) is 2.88. The van der Waals surface area contributed by atoms with Crippen LogP contribution in [-0.4, -0.2) is 26.1 Å². The first-order chi connectivity index (χ1) is 11.2. The van der Waals surface area contributed by atoms with Crippen LogP contribution in [0.15, 0.2) is 48.5 Å². The van der Waals surface area contributed by atoms with Crippen LogP contribution in [0.2, 0.25) is 0 Å². The smallest absolute Gasteiger partial charge is 0.235 e. The normalized spacial score (nSPS) is 18.7. The number of nitrogens with one attached hydrogen (secondary N) is 1. The molecular weight excluding hydrogens is 288 g/mol. The van der Waals surface area contributed by atoms with Gasteiger partial charge < -0.3 is 15.0 Å². The number of carbonyl (C=O) groups excluding carboxylic acids is 1. The highest BCUT2D eigenvalue weighted by Crippen LogP contribution is 2.46. The van der Waals surface area contributed by atoms with Crippen molar-refractivity contribution in [3.8, 4) is 5.75 Å². The minimum atomic E-state index is -0.408. The summed E-state index contributed by atoms with van der Waals surface area (Å²) in [6.45, 7) is 1.77. The summed E-state index contributed by atoms with van der Waals surface area (Å²) < 4.78 is 5.35. The van der Waals surface area contributed by atoms with E-state index >= 15 is 0 Å². The Kier molecular flexibility index (Phi) is 3.26. The Bertz CT molecular complexity index is 734. The summed E-state index contributed by atoms with van der Waals surface area (Å²) in [6.07, 6.45) is 1.65. The second kappa shape index (κ2) is 5.30. The number of piperidine rings is 1. The number of carbonyl (C=O) groups is 1. The maximum atomic E-state index is 12.7. The van der Waals surface area contributed by atoms with Gasteiger partial charge in [0.2, 0.25) is 5.91 Å². The molecule has 1 amide bonds. The summed E-state index contributed by atoms with van der Waals surface area (Å²) in [6, 6.07) is 16.3. The van der Waals surface area contributed by atoms with Crippen LogP contribution in [-0.2, 0) is 10.2 Å². The van der Waals surface area contributed by atoms with Crippen LogP contribution >= 0.6 is 0 Å². The van der Waals surface area contributed by atoms with Gasteiger partial charge in [0.1, 0.15) is 5.75 Å². The van der Waals surface area contributed by atoms with Crippen molar-refractivity contribution < 1.29 is 9.53 Å². The van der Waals surface area contributed by atoms with Crippen molar-refractivity contribution in [2.24, 2.45) is 0 Å². The highest BCUT2D eigenvalue weighted by atomic mass is 16.5. The number of benzene rings is 2. The van der Waals surface area contributed by atoms with Crippen molar-refractivity contribution in [2.45, 2.75) is 18.3 Å². The molecule has 1 fully saturated rings. The molecule has 4 heteroatoms. The fraction of sp³-hybridized carbons (Fsp3) is 0.316. The van der Waals surface area contributed by atoms with E-state index in [1.54, 1.807) is 7.11 Å². The van der Waals surface area contributed by atoms with Crippen LogP contribution in [0.4, 0.5) is 11.4 Å². The summed E-state index contributed by atoms with van der Waals surface area (Å²) in [5.74, 6) is 0.943. The van der Waals surface area contributed by atoms with Gasteiger partial charge in [-0.05, 0) is 48.7 Å². The molecule has 4 rings (SSSR count). The van der Waals surface area contributed by atoms with Crippen LogP contribution in [0.25, 0.3) is 0 Å². The standard InChI is InChI=1S/C19H20N2O2/c1-23-15-7-8-17-16(13-15)19(18(22)20-17)9-11-21(12-10-19)14-5-3-2-4-6-14/h2-8,13H,9-12H2,1H3,(H,20,22). The predicted octanol–water partition coefficient (Wildman–Crippen LogP) is 3.19. The van der Waals surface area contributed by atoms with Gasteiger partial charge in [-0.2, -0.15) is 0 Å². The molecule has 2 heterocycles. The molecule has 0 bridgehead atoms. The van der Waals surface area contributed by atoms with Gasteiger partial charge in [-0.1, -0.05) is 18.2 Å². The second-order valence-electron chi connectivity index (χ2n) is 6.27. The van der Waals surface area contributed by atoms with Crippen molar-refractivity contribution in [2.75, 3.05) is 30.4 Å². The van der Waals surface area contributed by atoms with Crippen molar-refractivity contribution in [3.63, 3.8) is 0 Å². The quantitative estimate of drug-likeness (QED) is 0.926. The van der Waals surface area contributed by atoms with Crippen LogP contribution < -0.4 is 15.0 Å². The molecule has 1 spiro atoms. The molecule has 0 aliphatic carbocycles. The minimum Gasteiger partial charge on any atom is -0.497 e. The number of hydrogen-bond donors (Lipinski definition) is 1. The first-order valence-corrected chi connectivity index (χ1v) is 8.03.